The molecule has 0 atom stereocenters. The lowest BCUT2D eigenvalue weighted by Gasteiger charge is -2.29. The van der Waals surface area contributed by atoms with Crippen LogP contribution in [0.2, 0.25) is 0 Å². The molecule has 1 rings (SSSR count). The smallest absolute Gasteiger partial charge is 0.269 e. The first-order valence-corrected chi connectivity index (χ1v) is 6.44. The fourth-order valence-electron chi connectivity index (χ4n) is 1.69. The molecule has 0 aliphatic heterocycles. The maximum Gasteiger partial charge on any atom is 0.269 e. The molecule has 0 bridgehead atoms. The lowest BCUT2D eigenvalue weighted by molar-refractivity contribution is 0.0922. The predicted molar refractivity (Wildman–Crippen MR) is 69.3 cm³/mol. The first-order valence-electron chi connectivity index (χ1n) is 5.90. The molecule has 0 radical (unpaired) electrons. The number of aromatic nitrogens is 2. The van der Waals surface area contributed by atoms with Crippen LogP contribution in [0, 0.1) is 5.41 Å². The Kier molecular flexibility index (Phi) is 5.00. The third kappa shape index (κ3) is 3.22. The summed E-state index contributed by atoms with van der Waals surface area (Å²) in [5.41, 5.74) is 0.566. The van der Waals surface area contributed by atoms with E-state index in [1.54, 1.807) is 24.0 Å². The van der Waals surface area contributed by atoms with Crippen molar-refractivity contribution >= 4 is 17.5 Å². The normalized spacial score (nSPS) is 11.5. The Morgan fingerprint density at radius 3 is 2.59 bits per heavy atom. The van der Waals surface area contributed by atoms with E-state index < -0.39 is 0 Å². The van der Waals surface area contributed by atoms with Crippen molar-refractivity contribution in [1.82, 2.24) is 15.1 Å². The fourth-order valence-corrected chi connectivity index (χ4v) is 2.16. The molecule has 0 aliphatic carbocycles. The first-order chi connectivity index (χ1) is 8.08. The van der Waals surface area contributed by atoms with Crippen molar-refractivity contribution in [3.05, 3.63) is 18.0 Å². The largest absolute Gasteiger partial charge is 0.350 e. The van der Waals surface area contributed by atoms with Crippen LogP contribution in [0.4, 0.5) is 0 Å². The van der Waals surface area contributed by atoms with Crippen LogP contribution in [0.1, 0.15) is 37.2 Å². The Labute approximate surface area is 107 Å². The summed E-state index contributed by atoms with van der Waals surface area (Å²) in [7, 11) is 1.75. The summed E-state index contributed by atoms with van der Waals surface area (Å²) in [5.74, 6) is 0.465. The highest BCUT2D eigenvalue weighted by Crippen LogP contribution is 2.26. The van der Waals surface area contributed by atoms with Gasteiger partial charge in [-0.3, -0.25) is 9.48 Å². The topological polar surface area (TPSA) is 46.9 Å². The second-order valence-electron chi connectivity index (χ2n) is 4.36. The van der Waals surface area contributed by atoms with Crippen LogP contribution >= 0.6 is 11.6 Å². The molecular weight excluding hydrogens is 238 g/mol. The number of nitrogens with one attached hydrogen (secondary N) is 1. The van der Waals surface area contributed by atoms with Gasteiger partial charge in [-0.05, 0) is 18.9 Å². The highest BCUT2D eigenvalue weighted by Gasteiger charge is 2.26. The number of carbonyl (C=O) groups is 1. The molecule has 1 amide bonds. The Balaban J connectivity index is 2.62. The van der Waals surface area contributed by atoms with Gasteiger partial charge in [0.2, 0.25) is 0 Å². The van der Waals surface area contributed by atoms with Crippen LogP contribution in [0.3, 0.4) is 0 Å². The fraction of sp³-hybridized carbons (Fsp3) is 0.667. The molecule has 1 heterocycles. The van der Waals surface area contributed by atoms with Gasteiger partial charge < -0.3 is 5.32 Å². The molecule has 96 valence electrons. The monoisotopic (exact) mass is 257 g/mol. The van der Waals surface area contributed by atoms with E-state index in [9.17, 15) is 4.79 Å². The number of nitrogens with zero attached hydrogens (tertiary/aromatic N) is 2. The molecule has 1 N–H and O–H groups in total. The van der Waals surface area contributed by atoms with Gasteiger partial charge in [0.1, 0.15) is 5.69 Å². The SMILES string of the molecule is CCC(CC)(CCl)CNC(=O)c1ccnn1C. The molecule has 17 heavy (non-hydrogen) atoms. The first kappa shape index (κ1) is 14.0. The van der Waals surface area contributed by atoms with Crippen molar-refractivity contribution in [1.29, 1.82) is 0 Å². The summed E-state index contributed by atoms with van der Waals surface area (Å²) in [5, 5.41) is 6.91. The van der Waals surface area contributed by atoms with E-state index in [2.05, 4.69) is 24.3 Å². The summed E-state index contributed by atoms with van der Waals surface area (Å²) < 4.78 is 1.57. The van der Waals surface area contributed by atoms with Crippen LogP contribution < -0.4 is 5.32 Å². The third-order valence-corrected chi connectivity index (χ3v) is 4.03. The number of alkyl halides is 1. The number of aryl methyl sites for hydroxylation is 1. The molecule has 0 spiro atoms. The minimum Gasteiger partial charge on any atom is -0.350 e. The van der Waals surface area contributed by atoms with Crippen molar-refractivity contribution in [2.75, 3.05) is 12.4 Å². The number of amides is 1. The Hall–Kier alpha value is -1.03. The molecule has 0 unspecified atom stereocenters. The molecule has 1 aromatic heterocycles. The summed E-state index contributed by atoms with van der Waals surface area (Å²) in [4.78, 5) is 11.9. The molecular formula is C12H20ClN3O. The lowest BCUT2D eigenvalue weighted by Crippen LogP contribution is -2.38. The number of halogens is 1. The summed E-state index contributed by atoms with van der Waals surface area (Å²) in [6, 6.07) is 1.70. The molecule has 0 saturated heterocycles. The van der Waals surface area contributed by atoms with Gasteiger partial charge in [0.15, 0.2) is 0 Å². The number of carbonyl (C=O) groups excluding carboxylic acids is 1. The summed E-state index contributed by atoms with van der Waals surface area (Å²) in [6.45, 7) is 4.80. The minimum atomic E-state index is -0.0959. The zero-order chi connectivity index (χ0) is 12.9. The Morgan fingerprint density at radius 1 is 1.53 bits per heavy atom. The number of rotatable bonds is 6. The molecule has 0 saturated carbocycles. The standard InChI is InChI=1S/C12H20ClN3O/c1-4-12(5-2,8-13)9-14-11(17)10-6-7-15-16(10)3/h6-7H,4-5,8-9H2,1-3H3,(H,14,17). The van der Waals surface area contributed by atoms with E-state index in [1.807, 2.05) is 0 Å². The van der Waals surface area contributed by atoms with Crippen molar-refractivity contribution in [3.8, 4) is 0 Å². The zero-order valence-electron chi connectivity index (χ0n) is 10.7. The van der Waals surface area contributed by atoms with Crippen molar-refractivity contribution in [3.63, 3.8) is 0 Å². The quantitative estimate of drug-likeness (QED) is 0.795. The van der Waals surface area contributed by atoms with Gasteiger partial charge in [0.25, 0.3) is 5.91 Å². The molecule has 0 aromatic carbocycles. The molecule has 0 aliphatic rings. The highest BCUT2D eigenvalue weighted by molar-refractivity contribution is 6.18. The van der Waals surface area contributed by atoms with Gasteiger partial charge in [-0.1, -0.05) is 13.8 Å². The van der Waals surface area contributed by atoms with Gasteiger partial charge in [-0.15, -0.1) is 11.6 Å². The van der Waals surface area contributed by atoms with Gasteiger partial charge in [-0.25, -0.2) is 0 Å². The van der Waals surface area contributed by atoms with Crippen LogP contribution in [0.5, 0.6) is 0 Å². The summed E-state index contributed by atoms with van der Waals surface area (Å²) in [6.07, 6.45) is 3.53. The van der Waals surface area contributed by atoms with Crippen molar-refractivity contribution in [2.24, 2.45) is 12.5 Å². The molecule has 4 nitrogen and oxygen atoms in total. The van der Waals surface area contributed by atoms with Crippen LogP contribution in [0.15, 0.2) is 12.3 Å². The van der Waals surface area contributed by atoms with Crippen LogP contribution in [0.25, 0.3) is 0 Å². The second kappa shape index (κ2) is 6.05. The Bertz CT molecular complexity index is 363. The average Bonchev–Trinajstić information content (AvgIpc) is 2.78. The average molecular weight is 258 g/mol. The molecule has 5 heteroatoms. The van der Waals surface area contributed by atoms with E-state index in [4.69, 9.17) is 11.6 Å². The van der Waals surface area contributed by atoms with Gasteiger partial charge in [-0.2, -0.15) is 5.10 Å². The maximum absolute atomic E-state index is 11.9. The van der Waals surface area contributed by atoms with E-state index >= 15 is 0 Å². The predicted octanol–water partition coefficient (Wildman–Crippen LogP) is 2.20. The van der Waals surface area contributed by atoms with E-state index in [0.717, 1.165) is 12.8 Å². The van der Waals surface area contributed by atoms with Crippen LogP contribution in [-0.2, 0) is 7.05 Å². The minimum absolute atomic E-state index is 0.00416. The van der Waals surface area contributed by atoms with Gasteiger partial charge in [0.05, 0.1) is 0 Å². The van der Waals surface area contributed by atoms with Crippen LogP contribution in [-0.4, -0.2) is 28.1 Å². The zero-order valence-corrected chi connectivity index (χ0v) is 11.4. The molecule has 0 fully saturated rings. The maximum atomic E-state index is 11.9. The van der Waals surface area contributed by atoms with Gasteiger partial charge >= 0.3 is 0 Å². The van der Waals surface area contributed by atoms with E-state index in [-0.39, 0.29) is 11.3 Å². The highest BCUT2D eigenvalue weighted by atomic mass is 35.5. The lowest BCUT2D eigenvalue weighted by atomic mass is 9.84. The Morgan fingerprint density at radius 2 is 2.18 bits per heavy atom. The van der Waals surface area contributed by atoms with E-state index in [0.29, 0.717) is 18.1 Å². The van der Waals surface area contributed by atoms with Crippen molar-refractivity contribution < 1.29 is 4.79 Å². The van der Waals surface area contributed by atoms with Gasteiger partial charge in [0, 0.05) is 31.1 Å². The molecule has 1 aromatic rings. The number of hydrogen-bond acceptors (Lipinski definition) is 2. The summed E-state index contributed by atoms with van der Waals surface area (Å²) >= 11 is 6.00. The second-order valence-corrected chi connectivity index (χ2v) is 4.63. The van der Waals surface area contributed by atoms with Crippen molar-refractivity contribution in [2.45, 2.75) is 26.7 Å². The third-order valence-electron chi connectivity index (χ3n) is 3.46. The van der Waals surface area contributed by atoms with E-state index in [1.165, 1.54) is 0 Å². The number of hydrogen-bond donors (Lipinski definition) is 1.